The minimum absolute atomic E-state index is 0.629. The van der Waals surface area contributed by atoms with Crippen LogP contribution in [0.25, 0.3) is 73.7 Å². The fraction of sp³-hybridized carbons (Fsp3) is 0. The van der Waals surface area contributed by atoms with E-state index >= 15 is 0 Å². The van der Waals surface area contributed by atoms with E-state index in [1.807, 2.05) is 60.7 Å². The van der Waals surface area contributed by atoms with Crippen LogP contribution in [0.2, 0.25) is 0 Å². The van der Waals surface area contributed by atoms with Gasteiger partial charge in [0, 0.05) is 40.3 Å². The highest BCUT2D eigenvalue weighted by Crippen LogP contribution is 2.45. The van der Waals surface area contributed by atoms with Crippen molar-refractivity contribution in [1.82, 2.24) is 0 Å². The summed E-state index contributed by atoms with van der Waals surface area (Å²) in [7, 11) is 0. The van der Waals surface area contributed by atoms with Gasteiger partial charge in [-0.15, -0.1) is 22.7 Å². The number of thiophene rings is 2. The molecule has 0 bridgehead atoms. The molecule has 3 nitrogen and oxygen atoms in total. The Morgan fingerprint density at radius 1 is 0.409 bits per heavy atom. The fourth-order valence-corrected chi connectivity index (χ4v) is 8.55. The molecule has 0 unspecified atom stereocenters. The molecule has 0 fully saturated rings. The van der Waals surface area contributed by atoms with E-state index in [0.717, 1.165) is 64.3 Å². The number of nitriles is 3. The highest BCUT2D eigenvalue weighted by molar-refractivity contribution is 7.26. The molecule has 2 heterocycles. The van der Waals surface area contributed by atoms with Gasteiger partial charge in [0.05, 0.1) is 34.9 Å². The molecule has 0 aliphatic heterocycles. The maximum Gasteiger partial charge on any atom is 0.0998 e. The van der Waals surface area contributed by atoms with Crippen LogP contribution in [0.1, 0.15) is 16.7 Å². The Bertz CT molecular complexity index is 2450. The molecule has 0 amide bonds. The Labute approximate surface area is 261 Å². The smallest absolute Gasteiger partial charge is 0.0998 e. The van der Waals surface area contributed by atoms with Gasteiger partial charge in [0.15, 0.2) is 0 Å². The molecule has 0 saturated carbocycles. The van der Waals surface area contributed by atoms with Crippen molar-refractivity contribution in [3.05, 3.63) is 132 Å². The number of hydrogen-bond acceptors (Lipinski definition) is 5. The van der Waals surface area contributed by atoms with Crippen LogP contribution in [-0.2, 0) is 0 Å². The summed E-state index contributed by atoms with van der Waals surface area (Å²) in [6.07, 6.45) is 0. The van der Waals surface area contributed by atoms with Crippen LogP contribution in [0.4, 0.5) is 0 Å². The van der Waals surface area contributed by atoms with Crippen molar-refractivity contribution in [2.24, 2.45) is 0 Å². The van der Waals surface area contributed by atoms with Gasteiger partial charge in [-0.25, -0.2) is 0 Å². The molecule has 6 aromatic carbocycles. The molecular weight excluding hydrogens is 575 g/mol. The predicted molar refractivity (Wildman–Crippen MR) is 183 cm³/mol. The summed E-state index contributed by atoms with van der Waals surface area (Å²) < 4.78 is 4.62. The van der Waals surface area contributed by atoms with Crippen molar-refractivity contribution in [2.75, 3.05) is 0 Å². The predicted octanol–water partition coefficient (Wildman–Crippen LogP) is 11.0. The molecule has 8 rings (SSSR count). The zero-order valence-electron chi connectivity index (χ0n) is 23.1. The summed E-state index contributed by atoms with van der Waals surface area (Å²) >= 11 is 3.47. The second-order valence-electron chi connectivity index (χ2n) is 10.7. The normalized spacial score (nSPS) is 11.1. The minimum Gasteiger partial charge on any atom is -0.192 e. The molecule has 0 N–H and O–H groups in total. The maximum atomic E-state index is 9.99. The van der Waals surface area contributed by atoms with Crippen molar-refractivity contribution in [3.8, 4) is 51.6 Å². The molecule has 5 heteroatoms. The Kier molecular flexibility index (Phi) is 6.00. The topological polar surface area (TPSA) is 71.4 Å². The summed E-state index contributed by atoms with van der Waals surface area (Å²) in [5, 5.41) is 33.5. The summed E-state index contributed by atoms with van der Waals surface area (Å²) in [4.78, 5) is 0. The van der Waals surface area contributed by atoms with Crippen LogP contribution in [0.3, 0.4) is 0 Å². The number of benzene rings is 6. The third-order valence-corrected chi connectivity index (χ3v) is 10.6. The van der Waals surface area contributed by atoms with E-state index in [4.69, 9.17) is 0 Å². The lowest BCUT2D eigenvalue weighted by Crippen LogP contribution is -1.89. The van der Waals surface area contributed by atoms with Crippen LogP contribution in [-0.4, -0.2) is 0 Å². The Hall–Kier alpha value is -5.77. The summed E-state index contributed by atoms with van der Waals surface area (Å²) in [6.45, 7) is 0. The molecule has 0 radical (unpaired) electrons. The van der Waals surface area contributed by atoms with E-state index in [-0.39, 0.29) is 0 Å². The molecule has 0 aliphatic rings. The van der Waals surface area contributed by atoms with Crippen molar-refractivity contribution >= 4 is 63.0 Å². The lowest BCUT2D eigenvalue weighted by molar-refractivity contribution is 1.48. The first kappa shape index (κ1) is 25.9. The van der Waals surface area contributed by atoms with Gasteiger partial charge in [-0.2, -0.15) is 15.8 Å². The molecule has 202 valence electrons. The molecule has 0 aliphatic carbocycles. The Morgan fingerprint density at radius 3 is 1.39 bits per heavy atom. The summed E-state index contributed by atoms with van der Waals surface area (Å²) in [6, 6.07) is 45.8. The zero-order valence-corrected chi connectivity index (χ0v) is 24.8. The first-order valence-corrected chi connectivity index (χ1v) is 15.6. The third kappa shape index (κ3) is 4.06. The van der Waals surface area contributed by atoms with E-state index in [1.54, 1.807) is 22.7 Å². The molecule has 8 aromatic rings. The highest BCUT2D eigenvalue weighted by atomic mass is 32.1. The van der Waals surface area contributed by atoms with E-state index in [2.05, 4.69) is 72.8 Å². The van der Waals surface area contributed by atoms with E-state index in [9.17, 15) is 15.8 Å². The van der Waals surface area contributed by atoms with Crippen molar-refractivity contribution in [3.63, 3.8) is 0 Å². The molecular formula is C39H19N3S2. The second kappa shape index (κ2) is 10.2. The minimum atomic E-state index is 0.629. The van der Waals surface area contributed by atoms with Gasteiger partial charge in [-0.05, 0) is 94.0 Å². The number of nitrogens with zero attached hydrogens (tertiary/aromatic N) is 3. The third-order valence-electron chi connectivity index (χ3n) is 8.17. The molecule has 44 heavy (non-hydrogen) atoms. The monoisotopic (exact) mass is 593 g/mol. The molecule has 2 aromatic heterocycles. The van der Waals surface area contributed by atoms with Gasteiger partial charge >= 0.3 is 0 Å². The number of hydrogen-bond donors (Lipinski definition) is 0. The van der Waals surface area contributed by atoms with Crippen molar-refractivity contribution < 1.29 is 0 Å². The van der Waals surface area contributed by atoms with Crippen molar-refractivity contribution in [1.29, 1.82) is 15.8 Å². The van der Waals surface area contributed by atoms with E-state index in [1.165, 1.54) is 9.40 Å². The number of fused-ring (bicyclic) bond motifs is 6. The van der Waals surface area contributed by atoms with E-state index < -0.39 is 0 Å². The van der Waals surface area contributed by atoms with Crippen LogP contribution in [0.5, 0.6) is 0 Å². The quantitative estimate of drug-likeness (QED) is 0.205. The standard InChI is InChI=1S/C39H19N3S2/c40-20-23-11-13-36-34(15-23)32-9-3-7-30(38(32)43-36)27-17-26(29-6-2-1-5-25(29)22-42)18-28(19-27)31-8-4-10-33-35-16-24(21-41)12-14-37(35)44-39(31)33/h1-19H. The SMILES string of the molecule is N#Cc1ccc2sc3c(-c4cc(-c5ccccc5C#N)cc(-c5cccc6c5sc5ccc(C#N)cc56)c4)cccc3c2c1. The van der Waals surface area contributed by atoms with Crippen LogP contribution < -0.4 is 0 Å². The van der Waals surface area contributed by atoms with Crippen LogP contribution >= 0.6 is 22.7 Å². The first-order chi connectivity index (χ1) is 21.6. The molecule has 0 spiro atoms. The maximum absolute atomic E-state index is 9.99. The average Bonchev–Trinajstić information content (AvgIpc) is 3.65. The number of rotatable bonds is 3. The van der Waals surface area contributed by atoms with Gasteiger partial charge in [0.2, 0.25) is 0 Å². The lowest BCUT2D eigenvalue weighted by Gasteiger charge is -2.13. The van der Waals surface area contributed by atoms with Crippen LogP contribution in [0.15, 0.2) is 115 Å². The van der Waals surface area contributed by atoms with Gasteiger partial charge in [-0.1, -0.05) is 54.6 Å². The lowest BCUT2D eigenvalue weighted by atomic mass is 9.91. The van der Waals surface area contributed by atoms with Gasteiger partial charge in [-0.3, -0.25) is 0 Å². The Balaban J connectivity index is 1.43. The zero-order chi connectivity index (χ0) is 29.8. The van der Waals surface area contributed by atoms with E-state index in [0.29, 0.717) is 16.7 Å². The van der Waals surface area contributed by atoms with Crippen molar-refractivity contribution in [2.45, 2.75) is 0 Å². The van der Waals surface area contributed by atoms with Gasteiger partial charge in [0.1, 0.15) is 0 Å². The molecule has 0 atom stereocenters. The fourth-order valence-electron chi connectivity index (χ4n) is 6.12. The summed E-state index contributed by atoms with van der Waals surface area (Å²) in [5.41, 5.74) is 8.15. The van der Waals surface area contributed by atoms with Gasteiger partial charge in [0.25, 0.3) is 0 Å². The summed E-state index contributed by atoms with van der Waals surface area (Å²) in [5.74, 6) is 0. The van der Waals surface area contributed by atoms with Gasteiger partial charge < -0.3 is 0 Å². The second-order valence-corrected chi connectivity index (χ2v) is 12.8. The van der Waals surface area contributed by atoms with Crippen LogP contribution in [0, 0.1) is 34.0 Å². The first-order valence-electron chi connectivity index (χ1n) is 14.0. The molecule has 0 saturated heterocycles. The largest absolute Gasteiger partial charge is 0.192 e. The average molecular weight is 594 g/mol. The highest BCUT2D eigenvalue weighted by Gasteiger charge is 2.17. The Morgan fingerprint density at radius 2 is 0.886 bits per heavy atom.